The number of aromatic nitrogens is 3. The summed E-state index contributed by atoms with van der Waals surface area (Å²) in [4.78, 5) is 46.2. The van der Waals surface area contributed by atoms with E-state index in [1.807, 2.05) is 24.3 Å². The maximum Gasteiger partial charge on any atom is 0.326 e. The number of aliphatic carboxylic acids is 1. The summed E-state index contributed by atoms with van der Waals surface area (Å²) in [5.41, 5.74) is 2.08. The summed E-state index contributed by atoms with van der Waals surface area (Å²) in [6, 6.07) is 6.50. The van der Waals surface area contributed by atoms with Crippen molar-refractivity contribution in [3.63, 3.8) is 0 Å². The first-order valence-electron chi connectivity index (χ1n) is 11.0. The number of hydrogen-bond donors (Lipinski definition) is 3. The summed E-state index contributed by atoms with van der Waals surface area (Å²) >= 11 is 1.11. The van der Waals surface area contributed by atoms with Crippen LogP contribution in [0.1, 0.15) is 47.0 Å². The molecule has 3 aromatic heterocycles. The van der Waals surface area contributed by atoms with E-state index in [1.165, 1.54) is 6.33 Å². The second-order valence-corrected chi connectivity index (χ2v) is 9.11. The Balaban J connectivity index is 1.59. The van der Waals surface area contributed by atoms with Gasteiger partial charge in [0, 0.05) is 30.1 Å². The van der Waals surface area contributed by atoms with Crippen LogP contribution in [0.5, 0.6) is 0 Å². The molecule has 0 spiro atoms. The topological polar surface area (TPSA) is 117 Å². The van der Waals surface area contributed by atoms with Crippen molar-refractivity contribution >= 4 is 44.3 Å². The molecule has 3 N–H and O–H groups in total. The van der Waals surface area contributed by atoms with Crippen LogP contribution in [0.4, 0.5) is 0 Å². The number of hydrogen-bond acceptors (Lipinski definition) is 5. The number of amides is 1. The molecule has 8 nitrogen and oxygen atoms in total. The van der Waals surface area contributed by atoms with Gasteiger partial charge in [0.1, 0.15) is 10.9 Å². The molecule has 1 amide bonds. The highest BCUT2D eigenvalue weighted by atomic mass is 32.1. The number of nitrogens with one attached hydrogen (secondary N) is 2. The van der Waals surface area contributed by atoms with Crippen molar-refractivity contribution in [1.82, 2.24) is 19.9 Å². The van der Waals surface area contributed by atoms with Crippen molar-refractivity contribution in [3.8, 4) is 0 Å². The van der Waals surface area contributed by atoms with Gasteiger partial charge in [0.25, 0.3) is 11.5 Å². The van der Waals surface area contributed by atoms with E-state index in [0.717, 1.165) is 47.1 Å². The lowest BCUT2D eigenvalue weighted by atomic mass is 10.0. The van der Waals surface area contributed by atoms with Crippen molar-refractivity contribution in [1.29, 1.82) is 0 Å². The summed E-state index contributed by atoms with van der Waals surface area (Å²) in [6.07, 6.45) is 6.38. The molecular formula is C24H26N4O4S. The normalized spacial score (nSPS) is 12.3. The van der Waals surface area contributed by atoms with Gasteiger partial charge in [-0.05, 0) is 30.5 Å². The number of fused-ring (bicyclic) bond motifs is 2. The molecule has 0 fully saturated rings. The molecule has 0 saturated heterocycles. The Morgan fingerprint density at radius 3 is 2.82 bits per heavy atom. The third kappa shape index (κ3) is 4.54. The molecule has 3 heterocycles. The van der Waals surface area contributed by atoms with Crippen molar-refractivity contribution in [3.05, 3.63) is 63.1 Å². The molecule has 0 bridgehead atoms. The Bertz CT molecular complexity index is 1380. The fourth-order valence-electron chi connectivity index (χ4n) is 4.01. The number of thiophene rings is 1. The van der Waals surface area contributed by atoms with Gasteiger partial charge < -0.3 is 15.4 Å². The largest absolute Gasteiger partial charge is 0.480 e. The van der Waals surface area contributed by atoms with E-state index in [-0.39, 0.29) is 12.0 Å². The van der Waals surface area contributed by atoms with E-state index >= 15 is 0 Å². The van der Waals surface area contributed by atoms with E-state index < -0.39 is 17.9 Å². The SMILES string of the molecule is CCCCCn1cnc2sc(C(=O)NC(Cc3c[nH]c4ccccc34)C(=O)O)c(C)c2c1=O. The van der Waals surface area contributed by atoms with Crippen LogP contribution in [0, 0.1) is 6.92 Å². The van der Waals surface area contributed by atoms with Crippen LogP contribution in [0.15, 0.2) is 41.6 Å². The molecule has 0 radical (unpaired) electrons. The standard InChI is InChI=1S/C24H26N4O4S/c1-3-4-7-10-28-13-26-22-19(23(28)30)14(2)20(33-22)21(29)27-18(24(31)32)11-15-12-25-17-9-6-5-8-16(15)17/h5-6,8-9,12-13,18,25H,3-4,7,10-11H2,1-2H3,(H,27,29)(H,31,32). The first-order chi connectivity index (χ1) is 15.9. The third-order valence-electron chi connectivity index (χ3n) is 5.83. The number of nitrogens with zero attached hydrogens (tertiary/aromatic N) is 2. The highest BCUT2D eigenvalue weighted by Gasteiger charge is 2.26. The second-order valence-electron chi connectivity index (χ2n) is 8.11. The number of carbonyl (C=O) groups excluding carboxylic acids is 1. The molecule has 1 atom stereocenters. The Kier molecular flexibility index (Phi) is 6.60. The quantitative estimate of drug-likeness (QED) is 0.324. The molecular weight excluding hydrogens is 440 g/mol. The molecule has 33 heavy (non-hydrogen) atoms. The first-order valence-corrected chi connectivity index (χ1v) is 11.8. The second kappa shape index (κ2) is 9.58. The van der Waals surface area contributed by atoms with Gasteiger partial charge in [-0.2, -0.15) is 0 Å². The Morgan fingerprint density at radius 2 is 2.06 bits per heavy atom. The predicted molar refractivity (Wildman–Crippen MR) is 129 cm³/mol. The van der Waals surface area contributed by atoms with Crippen molar-refractivity contribution in [2.75, 3.05) is 0 Å². The number of carboxylic acid groups (broad SMARTS) is 1. The highest BCUT2D eigenvalue weighted by molar-refractivity contribution is 7.20. The Hall–Kier alpha value is -3.46. The maximum absolute atomic E-state index is 13.0. The number of para-hydroxylation sites is 1. The van der Waals surface area contributed by atoms with E-state index in [2.05, 4.69) is 22.2 Å². The van der Waals surface area contributed by atoms with Gasteiger partial charge in [-0.25, -0.2) is 9.78 Å². The zero-order valence-corrected chi connectivity index (χ0v) is 19.4. The van der Waals surface area contributed by atoms with E-state index in [1.54, 1.807) is 17.7 Å². The van der Waals surface area contributed by atoms with Gasteiger partial charge in [-0.15, -0.1) is 11.3 Å². The molecule has 172 valence electrons. The van der Waals surface area contributed by atoms with E-state index in [9.17, 15) is 19.5 Å². The fourth-order valence-corrected chi connectivity index (χ4v) is 5.05. The van der Waals surface area contributed by atoms with Crippen molar-refractivity contribution in [2.45, 2.75) is 52.1 Å². The minimum atomic E-state index is -1.12. The number of carboxylic acids is 1. The van der Waals surface area contributed by atoms with Gasteiger partial charge in [0.05, 0.1) is 16.6 Å². The summed E-state index contributed by atoms with van der Waals surface area (Å²) < 4.78 is 1.58. The van der Waals surface area contributed by atoms with Gasteiger partial charge in [-0.1, -0.05) is 38.0 Å². The van der Waals surface area contributed by atoms with E-state index in [4.69, 9.17) is 0 Å². The van der Waals surface area contributed by atoms with Crippen LogP contribution >= 0.6 is 11.3 Å². The van der Waals surface area contributed by atoms with Crippen LogP contribution < -0.4 is 10.9 Å². The van der Waals surface area contributed by atoms with Crippen LogP contribution in [-0.4, -0.2) is 37.6 Å². The van der Waals surface area contributed by atoms with E-state index in [0.29, 0.717) is 27.2 Å². The minimum Gasteiger partial charge on any atom is -0.480 e. The smallest absolute Gasteiger partial charge is 0.326 e. The number of rotatable bonds is 9. The van der Waals surface area contributed by atoms with Gasteiger partial charge in [0.15, 0.2) is 0 Å². The van der Waals surface area contributed by atoms with Gasteiger partial charge >= 0.3 is 5.97 Å². The van der Waals surface area contributed by atoms with Gasteiger partial charge in [-0.3, -0.25) is 14.2 Å². The van der Waals surface area contributed by atoms with Crippen LogP contribution in [-0.2, 0) is 17.8 Å². The maximum atomic E-state index is 13.0. The average molecular weight is 467 g/mol. The molecule has 0 aliphatic rings. The first kappa shape index (κ1) is 22.7. The lowest BCUT2D eigenvalue weighted by Gasteiger charge is -2.14. The molecule has 0 aliphatic carbocycles. The predicted octanol–water partition coefficient (Wildman–Crippen LogP) is 3.86. The highest BCUT2D eigenvalue weighted by Crippen LogP contribution is 2.27. The monoisotopic (exact) mass is 466 g/mol. The number of aryl methyl sites for hydroxylation is 2. The molecule has 0 saturated carbocycles. The Morgan fingerprint density at radius 1 is 1.27 bits per heavy atom. The summed E-state index contributed by atoms with van der Waals surface area (Å²) in [7, 11) is 0. The lowest BCUT2D eigenvalue weighted by molar-refractivity contribution is -0.139. The van der Waals surface area contributed by atoms with Crippen LogP contribution in [0.25, 0.3) is 21.1 Å². The molecule has 4 rings (SSSR count). The minimum absolute atomic E-state index is 0.136. The van der Waals surface area contributed by atoms with Crippen LogP contribution in [0.2, 0.25) is 0 Å². The molecule has 9 heteroatoms. The molecule has 0 aliphatic heterocycles. The number of H-pyrrole nitrogens is 1. The number of benzene rings is 1. The average Bonchev–Trinajstić information content (AvgIpc) is 3.36. The van der Waals surface area contributed by atoms with Crippen LogP contribution in [0.3, 0.4) is 0 Å². The third-order valence-corrected chi connectivity index (χ3v) is 7.03. The zero-order valence-electron chi connectivity index (χ0n) is 18.6. The molecule has 1 unspecified atom stereocenters. The fraction of sp³-hybridized carbons (Fsp3) is 0.333. The number of carbonyl (C=O) groups is 2. The van der Waals surface area contributed by atoms with Crippen molar-refractivity contribution < 1.29 is 14.7 Å². The Labute approximate surface area is 194 Å². The summed E-state index contributed by atoms with van der Waals surface area (Å²) in [5, 5.41) is 13.7. The lowest BCUT2D eigenvalue weighted by Crippen LogP contribution is -2.42. The van der Waals surface area contributed by atoms with Gasteiger partial charge in [0.2, 0.25) is 0 Å². The zero-order chi connectivity index (χ0) is 23.5. The summed E-state index contributed by atoms with van der Waals surface area (Å²) in [5.74, 6) is -1.64. The molecule has 4 aromatic rings. The molecule has 1 aromatic carbocycles. The van der Waals surface area contributed by atoms with Crippen molar-refractivity contribution in [2.24, 2.45) is 0 Å². The summed E-state index contributed by atoms with van der Waals surface area (Å²) in [6.45, 7) is 4.39. The number of unbranched alkanes of at least 4 members (excludes halogenated alkanes) is 2. The number of aromatic amines is 1.